The van der Waals surface area contributed by atoms with Gasteiger partial charge in [-0.2, -0.15) is 13.2 Å². The maximum Gasteiger partial charge on any atom is 0.389 e. The summed E-state index contributed by atoms with van der Waals surface area (Å²) in [6.07, 6.45) is -6.67. The maximum absolute atomic E-state index is 12.1. The van der Waals surface area contributed by atoms with Gasteiger partial charge in [-0.25, -0.2) is 0 Å². The molecular weight excluding hydrogens is 269 g/mol. The van der Waals surface area contributed by atoms with Crippen molar-refractivity contribution in [3.63, 3.8) is 0 Å². The van der Waals surface area contributed by atoms with Gasteiger partial charge in [0.15, 0.2) is 0 Å². The zero-order chi connectivity index (χ0) is 14.8. The first kappa shape index (κ1) is 14.7. The van der Waals surface area contributed by atoms with E-state index >= 15 is 0 Å². The van der Waals surface area contributed by atoms with Crippen LogP contribution in [-0.2, 0) is 0 Å². The highest BCUT2D eigenvalue weighted by atomic mass is 19.4. The normalized spacial score (nSPS) is 13.4. The van der Waals surface area contributed by atoms with E-state index in [0.29, 0.717) is 11.3 Å². The molecule has 0 heterocycles. The molecule has 0 aliphatic carbocycles. The Bertz CT molecular complexity index is 593. The number of aliphatic hydroxyl groups excluding tert-OH is 1. The third kappa shape index (κ3) is 3.63. The molecule has 2 aromatic rings. The van der Waals surface area contributed by atoms with Crippen molar-refractivity contribution >= 4 is 10.8 Å². The highest BCUT2D eigenvalue weighted by Gasteiger charge is 2.28. The first-order valence-electron chi connectivity index (χ1n) is 6.21. The number of ether oxygens (including phenoxy) is 1. The Morgan fingerprint density at radius 3 is 2.40 bits per heavy atom. The number of fused-ring (bicyclic) bond motifs is 1. The van der Waals surface area contributed by atoms with Crippen LogP contribution in [0, 0.1) is 0 Å². The summed E-state index contributed by atoms with van der Waals surface area (Å²) in [5.41, 5.74) is 0.493. The Hall–Kier alpha value is -1.75. The van der Waals surface area contributed by atoms with Crippen molar-refractivity contribution in [2.24, 2.45) is 0 Å². The number of hydrogen-bond donors (Lipinski definition) is 1. The SMILES string of the molecule is COc1ccc2cc([C@@H](O)CCC(F)(F)F)ccc2c1. The van der Waals surface area contributed by atoms with Crippen molar-refractivity contribution in [2.75, 3.05) is 7.11 Å². The minimum absolute atomic E-state index is 0.328. The molecule has 2 aromatic carbocycles. The van der Waals surface area contributed by atoms with Crippen molar-refractivity contribution in [2.45, 2.75) is 25.1 Å². The lowest BCUT2D eigenvalue weighted by Gasteiger charge is -2.13. The lowest BCUT2D eigenvalue weighted by atomic mass is 10.0. The number of halogens is 3. The van der Waals surface area contributed by atoms with Crippen molar-refractivity contribution in [3.05, 3.63) is 42.0 Å². The molecule has 0 amide bonds. The molecule has 0 fully saturated rings. The van der Waals surface area contributed by atoms with E-state index in [1.807, 2.05) is 12.1 Å². The summed E-state index contributed by atoms with van der Waals surface area (Å²) in [5, 5.41) is 11.6. The van der Waals surface area contributed by atoms with Crippen LogP contribution >= 0.6 is 0 Å². The maximum atomic E-state index is 12.1. The summed E-state index contributed by atoms with van der Waals surface area (Å²) < 4.78 is 41.5. The van der Waals surface area contributed by atoms with E-state index < -0.39 is 18.7 Å². The van der Waals surface area contributed by atoms with Crippen molar-refractivity contribution in [3.8, 4) is 5.75 Å². The van der Waals surface area contributed by atoms with Crippen molar-refractivity contribution in [1.82, 2.24) is 0 Å². The quantitative estimate of drug-likeness (QED) is 0.910. The minimum Gasteiger partial charge on any atom is -0.497 e. The first-order chi connectivity index (χ1) is 9.39. The summed E-state index contributed by atoms with van der Waals surface area (Å²) >= 11 is 0. The van der Waals surface area contributed by atoms with Crippen LogP contribution in [0.3, 0.4) is 0 Å². The highest BCUT2D eigenvalue weighted by Crippen LogP contribution is 2.29. The summed E-state index contributed by atoms with van der Waals surface area (Å²) in [6.45, 7) is 0. The number of methoxy groups -OCH3 is 1. The van der Waals surface area contributed by atoms with Crippen molar-refractivity contribution < 1.29 is 23.0 Å². The lowest BCUT2D eigenvalue weighted by molar-refractivity contribution is -0.140. The van der Waals surface area contributed by atoms with Crippen LogP contribution < -0.4 is 4.74 Å². The second-order valence-corrected chi connectivity index (χ2v) is 4.64. The van der Waals surface area contributed by atoms with Gasteiger partial charge in [0.25, 0.3) is 0 Å². The Labute approximate surface area is 114 Å². The number of alkyl halides is 3. The van der Waals surface area contributed by atoms with E-state index in [1.54, 1.807) is 31.4 Å². The second-order valence-electron chi connectivity index (χ2n) is 4.64. The summed E-state index contributed by atoms with van der Waals surface area (Å²) in [4.78, 5) is 0. The molecule has 1 atom stereocenters. The fourth-order valence-electron chi connectivity index (χ4n) is 2.04. The molecule has 108 valence electrons. The van der Waals surface area contributed by atoms with Crippen LogP contribution in [0.4, 0.5) is 13.2 Å². The van der Waals surface area contributed by atoms with Gasteiger partial charge in [-0.1, -0.05) is 18.2 Å². The van der Waals surface area contributed by atoms with E-state index in [4.69, 9.17) is 4.74 Å². The van der Waals surface area contributed by atoms with E-state index in [0.717, 1.165) is 10.8 Å². The zero-order valence-corrected chi connectivity index (χ0v) is 10.9. The van der Waals surface area contributed by atoms with Gasteiger partial charge < -0.3 is 9.84 Å². The first-order valence-corrected chi connectivity index (χ1v) is 6.21. The van der Waals surface area contributed by atoms with Crippen LogP contribution in [0.1, 0.15) is 24.5 Å². The molecule has 0 radical (unpaired) electrons. The molecule has 0 saturated carbocycles. The Balaban J connectivity index is 2.19. The molecule has 0 aliphatic rings. The van der Waals surface area contributed by atoms with Gasteiger partial charge in [-0.3, -0.25) is 0 Å². The van der Waals surface area contributed by atoms with Gasteiger partial charge in [-0.05, 0) is 41.0 Å². The molecule has 2 nitrogen and oxygen atoms in total. The Kier molecular flexibility index (Phi) is 4.18. The average Bonchev–Trinajstić information content (AvgIpc) is 2.42. The van der Waals surface area contributed by atoms with E-state index in [1.165, 1.54) is 0 Å². The van der Waals surface area contributed by atoms with Gasteiger partial charge in [0.1, 0.15) is 5.75 Å². The number of hydrogen-bond acceptors (Lipinski definition) is 2. The van der Waals surface area contributed by atoms with Gasteiger partial charge in [0.2, 0.25) is 0 Å². The minimum atomic E-state index is -4.24. The molecular formula is C15H15F3O2. The van der Waals surface area contributed by atoms with Crippen LogP contribution in [-0.4, -0.2) is 18.4 Å². The van der Waals surface area contributed by atoms with E-state index in [2.05, 4.69) is 0 Å². The Morgan fingerprint density at radius 2 is 1.75 bits per heavy atom. The van der Waals surface area contributed by atoms with Crippen LogP contribution in [0.5, 0.6) is 5.75 Å². The van der Waals surface area contributed by atoms with Crippen molar-refractivity contribution in [1.29, 1.82) is 0 Å². The van der Waals surface area contributed by atoms with Crippen LogP contribution in [0.2, 0.25) is 0 Å². The summed E-state index contributed by atoms with van der Waals surface area (Å²) in [5.74, 6) is 0.711. The van der Waals surface area contributed by atoms with Gasteiger partial charge >= 0.3 is 6.18 Å². The molecule has 0 spiro atoms. The fourth-order valence-corrected chi connectivity index (χ4v) is 2.04. The molecule has 0 bridgehead atoms. The van der Waals surface area contributed by atoms with Gasteiger partial charge in [0.05, 0.1) is 13.2 Å². The third-order valence-corrected chi connectivity index (χ3v) is 3.16. The standard InChI is InChI=1S/C15H15F3O2/c1-20-13-5-4-10-8-12(3-2-11(10)9-13)14(19)6-7-15(16,17)18/h2-5,8-9,14,19H,6-7H2,1H3/t14-/m0/s1. The van der Waals surface area contributed by atoms with E-state index in [9.17, 15) is 18.3 Å². The molecule has 0 aliphatic heterocycles. The molecule has 0 unspecified atom stereocenters. The van der Waals surface area contributed by atoms with Crippen LogP contribution in [0.25, 0.3) is 10.8 Å². The molecule has 1 N–H and O–H groups in total. The largest absolute Gasteiger partial charge is 0.497 e. The number of rotatable bonds is 4. The molecule has 20 heavy (non-hydrogen) atoms. The summed E-state index contributed by atoms with van der Waals surface area (Å²) in [7, 11) is 1.57. The van der Waals surface area contributed by atoms with Gasteiger partial charge in [0, 0.05) is 6.42 Å². The fraction of sp³-hybridized carbons (Fsp3) is 0.333. The van der Waals surface area contributed by atoms with Crippen LogP contribution in [0.15, 0.2) is 36.4 Å². The topological polar surface area (TPSA) is 29.5 Å². The zero-order valence-electron chi connectivity index (χ0n) is 10.9. The third-order valence-electron chi connectivity index (χ3n) is 3.16. The molecule has 0 aromatic heterocycles. The smallest absolute Gasteiger partial charge is 0.389 e. The Morgan fingerprint density at radius 1 is 1.10 bits per heavy atom. The lowest BCUT2D eigenvalue weighted by Crippen LogP contribution is -2.10. The predicted octanol–water partition coefficient (Wildman–Crippen LogP) is 4.22. The average molecular weight is 284 g/mol. The monoisotopic (exact) mass is 284 g/mol. The molecule has 5 heteroatoms. The number of aliphatic hydroxyl groups is 1. The predicted molar refractivity (Wildman–Crippen MR) is 70.7 cm³/mol. The molecule has 2 rings (SSSR count). The number of benzene rings is 2. The highest BCUT2D eigenvalue weighted by molar-refractivity contribution is 5.84. The summed E-state index contributed by atoms with van der Waals surface area (Å²) in [6, 6.07) is 10.5. The molecule has 0 saturated heterocycles. The van der Waals surface area contributed by atoms with E-state index in [-0.39, 0.29) is 6.42 Å². The second kappa shape index (κ2) is 5.71. The van der Waals surface area contributed by atoms with Gasteiger partial charge in [-0.15, -0.1) is 0 Å².